The van der Waals surface area contributed by atoms with Crippen molar-refractivity contribution in [2.45, 2.75) is 63.7 Å². The molecule has 4 aromatic rings. The van der Waals surface area contributed by atoms with Gasteiger partial charge >= 0.3 is 6.01 Å². The lowest BCUT2D eigenvalue weighted by Gasteiger charge is -2.36. The molecular weight excluding hydrogens is 534 g/mol. The molecule has 0 amide bonds. The van der Waals surface area contributed by atoms with Gasteiger partial charge in [-0.1, -0.05) is 35.9 Å². The number of benzene rings is 2. The first-order chi connectivity index (χ1) is 20.1. The van der Waals surface area contributed by atoms with E-state index >= 15 is 0 Å². The summed E-state index contributed by atoms with van der Waals surface area (Å²) in [6.45, 7) is 6.01. The highest BCUT2D eigenvalue weighted by Gasteiger charge is 2.34. The van der Waals surface area contributed by atoms with E-state index in [1.54, 1.807) is 0 Å². The largest absolute Gasteiger partial charge is 0.462 e. The first-order valence-electron chi connectivity index (χ1n) is 15.1. The summed E-state index contributed by atoms with van der Waals surface area (Å²) >= 11 is 6.73. The number of aromatic nitrogens is 4. The van der Waals surface area contributed by atoms with Crippen molar-refractivity contribution in [2.24, 2.45) is 0 Å². The van der Waals surface area contributed by atoms with Gasteiger partial charge in [-0.2, -0.15) is 9.97 Å². The Hall–Kier alpha value is -3.36. The zero-order valence-electron chi connectivity index (χ0n) is 23.6. The van der Waals surface area contributed by atoms with Gasteiger partial charge in [0.15, 0.2) is 0 Å². The molecule has 2 aromatic carbocycles. The fourth-order valence-corrected chi connectivity index (χ4v) is 7.25. The van der Waals surface area contributed by atoms with Gasteiger partial charge in [0.2, 0.25) is 0 Å². The third kappa shape index (κ3) is 4.61. The van der Waals surface area contributed by atoms with Crippen LogP contribution in [0.1, 0.15) is 54.2 Å². The summed E-state index contributed by atoms with van der Waals surface area (Å²) in [5, 5.41) is 3.05. The van der Waals surface area contributed by atoms with Gasteiger partial charge in [-0.05, 0) is 63.2 Å². The molecule has 2 aromatic heterocycles. The van der Waals surface area contributed by atoms with Crippen molar-refractivity contribution in [3.8, 4) is 6.01 Å². The molecule has 1 saturated heterocycles. The fraction of sp³-hybridized carbons (Fsp3) is 0.469. The van der Waals surface area contributed by atoms with E-state index in [0.717, 1.165) is 78.6 Å². The highest BCUT2D eigenvalue weighted by Crippen LogP contribution is 2.42. The first-order valence-corrected chi connectivity index (χ1v) is 15.4. The second-order valence-corrected chi connectivity index (χ2v) is 12.5. The Morgan fingerprint density at radius 3 is 2.66 bits per heavy atom. The van der Waals surface area contributed by atoms with E-state index in [0.29, 0.717) is 31.1 Å². The fourth-order valence-electron chi connectivity index (χ4n) is 6.98. The second-order valence-electron chi connectivity index (χ2n) is 12.1. The average Bonchev–Trinajstić information content (AvgIpc) is 3.62. The molecule has 41 heavy (non-hydrogen) atoms. The molecule has 2 fully saturated rings. The Labute approximate surface area is 245 Å². The maximum atomic E-state index is 6.73. The quantitative estimate of drug-likeness (QED) is 0.307. The third-order valence-corrected chi connectivity index (χ3v) is 9.78. The minimum atomic E-state index is 0.415. The van der Waals surface area contributed by atoms with Crippen molar-refractivity contribution in [1.82, 2.24) is 24.4 Å². The Balaban J connectivity index is 1.15. The topological polar surface area (TPSA) is 62.6 Å². The van der Waals surface area contributed by atoms with Crippen LogP contribution in [-0.4, -0.2) is 63.7 Å². The van der Waals surface area contributed by atoms with Crippen molar-refractivity contribution in [1.29, 1.82) is 0 Å². The molecule has 8 rings (SSSR count). The molecule has 0 N–H and O–H groups in total. The molecule has 1 saturated carbocycles. The lowest BCUT2D eigenvalue weighted by atomic mass is 10.0. The van der Waals surface area contributed by atoms with Gasteiger partial charge in [0.05, 0.1) is 41.5 Å². The Bertz CT molecular complexity index is 1610. The number of fused-ring (bicyclic) bond motifs is 3. The lowest BCUT2D eigenvalue weighted by Crippen LogP contribution is -2.38. The van der Waals surface area contributed by atoms with Gasteiger partial charge in [-0.25, -0.2) is 4.98 Å². The predicted molar refractivity (Wildman–Crippen MR) is 162 cm³/mol. The number of rotatable bonds is 6. The Morgan fingerprint density at radius 1 is 0.951 bits per heavy atom. The Kier molecular flexibility index (Phi) is 6.29. The van der Waals surface area contributed by atoms with Crippen molar-refractivity contribution >= 4 is 33.9 Å². The molecule has 0 spiro atoms. The van der Waals surface area contributed by atoms with Crippen molar-refractivity contribution in [3.05, 3.63) is 70.4 Å². The van der Waals surface area contributed by atoms with Crippen LogP contribution in [0.2, 0.25) is 5.02 Å². The standard InChI is InChI=1S/C32H36ClN7O/c1-37-13-4-7-23(37)19-41-32-35-26-17-38(27-9-3-6-21-5-2-8-25(33)29(21)27)14-12-24(26)31(36-32)39-15-16-40-20-34-30(22-10-11-22)28(40)18-39/h2-3,5-6,8-9,20,22-23H,4,7,10-19H2,1H3/t23-/m0/s1. The molecule has 212 valence electrons. The van der Waals surface area contributed by atoms with Gasteiger partial charge in [0, 0.05) is 48.2 Å². The van der Waals surface area contributed by atoms with Gasteiger partial charge < -0.3 is 24.0 Å². The van der Waals surface area contributed by atoms with Crippen molar-refractivity contribution in [3.63, 3.8) is 0 Å². The molecule has 8 nitrogen and oxygen atoms in total. The van der Waals surface area contributed by atoms with E-state index in [4.69, 9.17) is 31.3 Å². The van der Waals surface area contributed by atoms with Crippen LogP contribution in [0.3, 0.4) is 0 Å². The maximum Gasteiger partial charge on any atom is 0.318 e. The van der Waals surface area contributed by atoms with Crippen LogP contribution >= 0.6 is 11.6 Å². The van der Waals surface area contributed by atoms with Gasteiger partial charge in [0.25, 0.3) is 0 Å². The zero-order valence-corrected chi connectivity index (χ0v) is 24.4. The van der Waals surface area contributed by atoms with Crippen LogP contribution < -0.4 is 14.5 Å². The van der Waals surface area contributed by atoms with Crippen LogP contribution in [0.5, 0.6) is 6.01 Å². The SMILES string of the molecule is CN1CCC[C@H]1COc1nc2c(c(N3CCn4cnc(C5CC5)c4C3)n1)CCN(c1cccc3cccc(Cl)c13)C2. The number of nitrogens with zero attached hydrogens (tertiary/aromatic N) is 7. The van der Waals surface area contributed by atoms with E-state index in [1.807, 2.05) is 18.5 Å². The van der Waals surface area contributed by atoms with Gasteiger partial charge in [-0.3, -0.25) is 0 Å². The first kappa shape index (κ1) is 25.4. The summed E-state index contributed by atoms with van der Waals surface area (Å²) in [5.41, 5.74) is 6.10. The zero-order chi connectivity index (χ0) is 27.5. The average molecular weight is 570 g/mol. The van der Waals surface area contributed by atoms with Crippen molar-refractivity contribution < 1.29 is 4.74 Å². The molecule has 0 radical (unpaired) electrons. The number of halogens is 1. The molecule has 1 atom stereocenters. The second kappa shape index (κ2) is 10.2. The molecule has 3 aliphatic heterocycles. The molecule has 9 heteroatoms. The molecule has 0 unspecified atom stereocenters. The molecule has 1 aliphatic carbocycles. The van der Waals surface area contributed by atoms with E-state index < -0.39 is 0 Å². The van der Waals surface area contributed by atoms with Crippen LogP contribution in [0, 0.1) is 0 Å². The van der Waals surface area contributed by atoms with E-state index in [-0.39, 0.29) is 0 Å². The maximum absolute atomic E-state index is 6.73. The summed E-state index contributed by atoms with van der Waals surface area (Å²) in [6.07, 6.45) is 7.80. The summed E-state index contributed by atoms with van der Waals surface area (Å²) in [7, 11) is 2.18. The third-order valence-electron chi connectivity index (χ3n) is 9.47. The van der Waals surface area contributed by atoms with Crippen molar-refractivity contribution in [2.75, 3.05) is 43.1 Å². The number of imidazole rings is 1. The molecule has 5 heterocycles. The predicted octanol–water partition coefficient (Wildman–Crippen LogP) is 5.41. The number of likely N-dealkylation sites (tertiary alicyclic amines) is 1. The molecule has 0 bridgehead atoms. The van der Waals surface area contributed by atoms with E-state index in [9.17, 15) is 0 Å². The summed E-state index contributed by atoms with van der Waals surface area (Å²) in [6, 6.07) is 13.5. The molecule has 4 aliphatic rings. The lowest BCUT2D eigenvalue weighted by molar-refractivity contribution is 0.187. The summed E-state index contributed by atoms with van der Waals surface area (Å²) < 4.78 is 8.71. The minimum Gasteiger partial charge on any atom is -0.462 e. The van der Waals surface area contributed by atoms with Crippen LogP contribution in [0.4, 0.5) is 11.5 Å². The van der Waals surface area contributed by atoms with Crippen LogP contribution in [-0.2, 0) is 26.1 Å². The van der Waals surface area contributed by atoms with Gasteiger partial charge in [-0.15, -0.1) is 0 Å². The van der Waals surface area contributed by atoms with E-state index in [2.05, 4.69) is 50.6 Å². The number of hydrogen-bond acceptors (Lipinski definition) is 7. The number of anilines is 2. The van der Waals surface area contributed by atoms with Crippen LogP contribution in [0.15, 0.2) is 42.7 Å². The highest BCUT2D eigenvalue weighted by molar-refractivity contribution is 6.36. The normalized spacial score (nSPS) is 20.9. The van der Waals surface area contributed by atoms with Gasteiger partial charge in [0.1, 0.15) is 12.4 Å². The summed E-state index contributed by atoms with van der Waals surface area (Å²) in [5.74, 6) is 1.67. The number of ether oxygens (including phenoxy) is 1. The summed E-state index contributed by atoms with van der Waals surface area (Å²) in [4.78, 5) is 22.2. The van der Waals surface area contributed by atoms with Crippen LogP contribution in [0.25, 0.3) is 10.8 Å². The highest BCUT2D eigenvalue weighted by atomic mass is 35.5. The number of likely N-dealkylation sites (N-methyl/N-ethyl adjacent to an activating group) is 1. The smallest absolute Gasteiger partial charge is 0.318 e. The molecular formula is C32H36ClN7O. The monoisotopic (exact) mass is 569 g/mol. The number of hydrogen-bond donors (Lipinski definition) is 0. The van der Waals surface area contributed by atoms with E-state index in [1.165, 1.54) is 36.2 Å². The Morgan fingerprint density at radius 2 is 1.83 bits per heavy atom. The minimum absolute atomic E-state index is 0.415.